The van der Waals surface area contributed by atoms with Gasteiger partial charge in [-0.1, -0.05) is 67.6 Å². The first-order chi connectivity index (χ1) is 10.3. The molecule has 2 aromatic carbocycles. The van der Waals surface area contributed by atoms with Crippen molar-refractivity contribution in [2.75, 3.05) is 0 Å². The topological polar surface area (TPSA) is 17.1 Å². The lowest BCUT2D eigenvalue weighted by molar-refractivity contribution is -0.125. The number of hydrogen-bond donors (Lipinski definition) is 0. The van der Waals surface area contributed by atoms with Crippen molar-refractivity contribution in [3.63, 3.8) is 0 Å². The number of carbonyl (C=O) groups is 1. The summed E-state index contributed by atoms with van der Waals surface area (Å²) >= 11 is 0. The third kappa shape index (κ3) is 2.82. The lowest BCUT2D eigenvalue weighted by atomic mass is 9.76. The average Bonchev–Trinajstić information content (AvgIpc) is 2.53. The van der Waals surface area contributed by atoms with Gasteiger partial charge in [-0.05, 0) is 35.1 Å². The fourth-order valence-corrected chi connectivity index (χ4v) is 2.92. The van der Waals surface area contributed by atoms with Crippen LogP contribution in [0.4, 0.5) is 0 Å². The van der Waals surface area contributed by atoms with E-state index in [0.29, 0.717) is 5.78 Å². The molecule has 2 aromatic rings. The molecule has 1 fully saturated rings. The minimum absolute atomic E-state index is 0.117. The molecule has 1 aliphatic carbocycles. The molecule has 1 nitrogen and oxygen atoms in total. The van der Waals surface area contributed by atoms with Crippen molar-refractivity contribution in [2.24, 2.45) is 0 Å². The fourth-order valence-electron chi connectivity index (χ4n) is 2.92. The van der Waals surface area contributed by atoms with Crippen molar-refractivity contribution < 1.29 is 4.79 Å². The normalized spacial score (nSPS) is 18.4. The van der Waals surface area contributed by atoms with Crippen LogP contribution >= 0.6 is 0 Å². The van der Waals surface area contributed by atoms with Gasteiger partial charge in [0.2, 0.25) is 0 Å². The largest absolute Gasteiger partial charge is 0.299 e. The highest BCUT2D eigenvalue weighted by Crippen LogP contribution is 2.36. The smallest absolute Gasteiger partial charge is 0.140 e. The molecular weight excluding hydrogens is 256 g/mol. The van der Waals surface area contributed by atoms with Crippen LogP contribution in [0, 0.1) is 0 Å². The van der Waals surface area contributed by atoms with Gasteiger partial charge < -0.3 is 0 Å². The fraction of sp³-hybridized carbons (Fsp3) is 0.250. The van der Waals surface area contributed by atoms with Gasteiger partial charge in [-0.3, -0.25) is 4.79 Å². The lowest BCUT2D eigenvalue weighted by Crippen LogP contribution is -2.23. The van der Waals surface area contributed by atoms with Crippen LogP contribution in [0.5, 0.6) is 0 Å². The van der Waals surface area contributed by atoms with E-state index in [1.807, 2.05) is 12.1 Å². The molecule has 1 saturated carbocycles. The van der Waals surface area contributed by atoms with E-state index < -0.39 is 0 Å². The third-order valence-corrected chi connectivity index (χ3v) is 4.29. The number of Topliss-reactive ketones (excluding diaryl/α,β-unsaturated/α-hetero) is 1. The quantitative estimate of drug-likeness (QED) is 0.711. The van der Waals surface area contributed by atoms with Crippen LogP contribution in [-0.2, 0) is 4.79 Å². The van der Waals surface area contributed by atoms with Gasteiger partial charge in [-0.2, -0.15) is 0 Å². The Morgan fingerprint density at radius 3 is 2.43 bits per heavy atom. The van der Waals surface area contributed by atoms with Crippen molar-refractivity contribution in [1.29, 1.82) is 0 Å². The number of ketones is 1. The van der Waals surface area contributed by atoms with Gasteiger partial charge >= 0.3 is 0 Å². The van der Waals surface area contributed by atoms with Gasteiger partial charge in [-0.25, -0.2) is 0 Å². The predicted octanol–water partition coefficient (Wildman–Crippen LogP) is 5.08. The second-order valence-electron chi connectivity index (χ2n) is 5.58. The van der Waals surface area contributed by atoms with Gasteiger partial charge in [0.1, 0.15) is 5.78 Å². The van der Waals surface area contributed by atoms with E-state index in [1.165, 1.54) is 22.3 Å². The monoisotopic (exact) mass is 276 g/mol. The zero-order valence-corrected chi connectivity index (χ0v) is 12.4. The Bertz CT molecular complexity index is 667. The molecular formula is C20H20O. The Morgan fingerprint density at radius 1 is 1.10 bits per heavy atom. The SMILES string of the molecule is CC/C(=C\c1ccccc1C1CCC1=O)c1ccccc1. The Morgan fingerprint density at radius 2 is 1.81 bits per heavy atom. The van der Waals surface area contributed by atoms with E-state index in [1.54, 1.807) is 0 Å². The Kier molecular flexibility index (Phi) is 4.01. The zero-order valence-electron chi connectivity index (χ0n) is 12.4. The van der Waals surface area contributed by atoms with Gasteiger partial charge in [-0.15, -0.1) is 0 Å². The van der Waals surface area contributed by atoms with E-state index >= 15 is 0 Å². The summed E-state index contributed by atoms with van der Waals surface area (Å²) in [6, 6.07) is 18.8. The second-order valence-corrected chi connectivity index (χ2v) is 5.58. The Hall–Kier alpha value is -2.15. The summed E-state index contributed by atoms with van der Waals surface area (Å²) in [5.41, 5.74) is 4.96. The molecule has 3 rings (SSSR count). The second kappa shape index (κ2) is 6.09. The molecule has 0 bridgehead atoms. The predicted molar refractivity (Wildman–Crippen MR) is 88.0 cm³/mol. The molecule has 1 aliphatic rings. The highest BCUT2D eigenvalue weighted by atomic mass is 16.1. The molecule has 0 radical (unpaired) electrons. The van der Waals surface area contributed by atoms with E-state index in [0.717, 1.165) is 19.3 Å². The van der Waals surface area contributed by atoms with Gasteiger partial charge in [0, 0.05) is 12.3 Å². The summed E-state index contributed by atoms with van der Waals surface area (Å²) in [7, 11) is 0. The van der Waals surface area contributed by atoms with E-state index in [4.69, 9.17) is 0 Å². The third-order valence-electron chi connectivity index (χ3n) is 4.29. The minimum atomic E-state index is 0.117. The molecule has 0 aliphatic heterocycles. The van der Waals surface area contributed by atoms with Crippen molar-refractivity contribution in [1.82, 2.24) is 0 Å². The first kappa shape index (κ1) is 13.8. The molecule has 0 saturated heterocycles. The maximum Gasteiger partial charge on any atom is 0.140 e. The summed E-state index contributed by atoms with van der Waals surface area (Å²) in [5.74, 6) is 0.500. The first-order valence-corrected chi connectivity index (χ1v) is 7.67. The first-order valence-electron chi connectivity index (χ1n) is 7.67. The number of rotatable bonds is 4. The molecule has 0 N–H and O–H groups in total. The maximum atomic E-state index is 11.8. The van der Waals surface area contributed by atoms with Crippen LogP contribution in [0.25, 0.3) is 11.6 Å². The zero-order chi connectivity index (χ0) is 14.7. The van der Waals surface area contributed by atoms with Crippen molar-refractivity contribution >= 4 is 17.4 Å². The van der Waals surface area contributed by atoms with Crippen LogP contribution in [0.2, 0.25) is 0 Å². The Labute approximate surface area is 126 Å². The summed E-state index contributed by atoms with van der Waals surface area (Å²) in [4.78, 5) is 11.8. The molecule has 1 heteroatoms. The molecule has 0 amide bonds. The molecule has 0 spiro atoms. The molecule has 0 heterocycles. The molecule has 21 heavy (non-hydrogen) atoms. The highest BCUT2D eigenvalue weighted by Gasteiger charge is 2.30. The lowest BCUT2D eigenvalue weighted by Gasteiger charge is -2.26. The van der Waals surface area contributed by atoms with Crippen LogP contribution in [0.3, 0.4) is 0 Å². The summed E-state index contributed by atoms with van der Waals surface area (Å²) in [6.07, 6.45) is 4.96. The molecule has 0 aromatic heterocycles. The summed E-state index contributed by atoms with van der Waals surface area (Å²) in [5, 5.41) is 0. The highest BCUT2D eigenvalue weighted by molar-refractivity contribution is 5.93. The van der Waals surface area contributed by atoms with E-state index in [9.17, 15) is 4.79 Å². The standard InChI is InChI=1S/C20H20O/c1-2-15(16-8-4-3-5-9-16)14-17-10-6-7-11-18(17)19-12-13-20(19)21/h3-11,14,19H,2,12-13H2,1H3/b15-14+. The van der Waals surface area contributed by atoms with Gasteiger partial charge in [0.05, 0.1) is 0 Å². The molecule has 1 unspecified atom stereocenters. The summed E-state index contributed by atoms with van der Waals surface area (Å²) in [6.45, 7) is 2.18. The minimum Gasteiger partial charge on any atom is -0.299 e. The number of allylic oxidation sites excluding steroid dienone is 1. The average molecular weight is 276 g/mol. The number of hydrogen-bond acceptors (Lipinski definition) is 1. The van der Waals surface area contributed by atoms with Gasteiger partial charge in [0.25, 0.3) is 0 Å². The van der Waals surface area contributed by atoms with Crippen LogP contribution in [0.15, 0.2) is 54.6 Å². The van der Waals surface area contributed by atoms with Crippen molar-refractivity contribution in [3.8, 4) is 0 Å². The van der Waals surface area contributed by atoms with Gasteiger partial charge in [0.15, 0.2) is 0 Å². The van der Waals surface area contributed by atoms with Crippen LogP contribution < -0.4 is 0 Å². The van der Waals surface area contributed by atoms with Crippen molar-refractivity contribution in [2.45, 2.75) is 32.1 Å². The van der Waals surface area contributed by atoms with E-state index in [2.05, 4.69) is 55.5 Å². The summed E-state index contributed by atoms with van der Waals surface area (Å²) < 4.78 is 0. The molecule has 106 valence electrons. The number of carbonyl (C=O) groups excluding carboxylic acids is 1. The van der Waals surface area contributed by atoms with E-state index in [-0.39, 0.29) is 5.92 Å². The van der Waals surface area contributed by atoms with Crippen molar-refractivity contribution in [3.05, 3.63) is 71.3 Å². The Balaban J connectivity index is 2.00. The maximum absolute atomic E-state index is 11.8. The van der Waals surface area contributed by atoms with Crippen LogP contribution in [0.1, 0.15) is 48.8 Å². The number of benzene rings is 2. The molecule has 1 atom stereocenters. The van der Waals surface area contributed by atoms with Crippen LogP contribution in [-0.4, -0.2) is 5.78 Å².